The molecule has 0 unspecified atom stereocenters. The van der Waals surface area contributed by atoms with Crippen LogP contribution in [0, 0.1) is 0 Å². The van der Waals surface area contributed by atoms with E-state index in [1.54, 1.807) is 14.2 Å². The molecule has 3 rings (SSSR count). The number of halogens is 1. The molecule has 0 aliphatic carbocycles. The van der Waals surface area contributed by atoms with Crippen molar-refractivity contribution >= 4 is 24.1 Å². The SMILES string of the molecule is COc1cc2c(cc1OC)C(c1cocc1C(=O)O)=NCC2.Cl. The number of rotatable bonds is 4. The van der Waals surface area contributed by atoms with Gasteiger partial charge in [-0.1, -0.05) is 0 Å². The summed E-state index contributed by atoms with van der Waals surface area (Å²) in [7, 11) is 3.14. The van der Waals surface area contributed by atoms with E-state index in [9.17, 15) is 9.90 Å². The summed E-state index contributed by atoms with van der Waals surface area (Å²) in [6, 6.07) is 3.73. The number of methoxy groups -OCH3 is 2. The smallest absolute Gasteiger partial charge is 0.339 e. The maximum Gasteiger partial charge on any atom is 0.339 e. The van der Waals surface area contributed by atoms with Gasteiger partial charge < -0.3 is 19.0 Å². The number of ether oxygens (including phenoxy) is 2. The molecule has 6 nitrogen and oxygen atoms in total. The molecular weight excluding hydrogens is 322 g/mol. The van der Waals surface area contributed by atoms with E-state index in [1.807, 2.05) is 12.1 Å². The first kappa shape index (κ1) is 16.9. The third-order valence-electron chi connectivity index (χ3n) is 3.66. The van der Waals surface area contributed by atoms with Crippen molar-refractivity contribution in [2.24, 2.45) is 4.99 Å². The van der Waals surface area contributed by atoms with E-state index in [-0.39, 0.29) is 18.0 Å². The maximum atomic E-state index is 11.3. The Kier molecular flexibility index (Phi) is 4.95. The third-order valence-corrected chi connectivity index (χ3v) is 3.66. The highest BCUT2D eigenvalue weighted by Crippen LogP contribution is 2.34. The number of hydrogen-bond donors (Lipinski definition) is 1. The van der Waals surface area contributed by atoms with Gasteiger partial charge in [0.15, 0.2) is 11.5 Å². The summed E-state index contributed by atoms with van der Waals surface area (Å²) in [6.07, 6.45) is 3.39. The van der Waals surface area contributed by atoms with Crippen molar-refractivity contribution in [3.05, 3.63) is 46.9 Å². The monoisotopic (exact) mass is 337 g/mol. The Bertz CT molecular complexity index is 766. The average molecular weight is 338 g/mol. The van der Waals surface area contributed by atoms with E-state index in [0.717, 1.165) is 17.5 Å². The molecule has 1 N–H and O–H groups in total. The summed E-state index contributed by atoms with van der Waals surface area (Å²) in [5.41, 5.74) is 3.06. The molecule has 0 bridgehead atoms. The second-order valence-corrected chi connectivity index (χ2v) is 4.85. The van der Waals surface area contributed by atoms with Gasteiger partial charge in [0.25, 0.3) is 0 Å². The van der Waals surface area contributed by atoms with Gasteiger partial charge in [-0.05, 0) is 24.1 Å². The molecule has 2 heterocycles. The Labute approximate surface area is 139 Å². The average Bonchev–Trinajstić information content (AvgIpc) is 3.02. The number of furan rings is 1. The molecule has 0 atom stereocenters. The van der Waals surface area contributed by atoms with Gasteiger partial charge in [0.2, 0.25) is 0 Å². The summed E-state index contributed by atoms with van der Waals surface area (Å²) < 4.78 is 15.7. The lowest BCUT2D eigenvalue weighted by molar-refractivity contribution is 0.0696. The Morgan fingerprint density at radius 2 is 1.87 bits per heavy atom. The van der Waals surface area contributed by atoms with Crippen LogP contribution in [0.25, 0.3) is 0 Å². The van der Waals surface area contributed by atoms with E-state index in [4.69, 9.17) is 13.9 Å². The standard InChI is InChI=1S/C16H15NO5.ClH/c1-20-13-5-9-3-4-17-15(10(9)6-14(13)21-2)11-7-22-8-12(11)16(18)19;/h5-8H,3-4H2,1-2H3,(H,18,19);1H. The van der Waals surface area contributed by atoms with Crippen LogP contribution in [0.3, 0.4) is 0 Å². The number of nitrogens with zero attached hydrogens (tertiary/aromatic N) is 1. The lowest BCUT2D eigenvalue weighted by Crippen LogP contribution is -2.16. The van der Waals surface area contributed by atoms with E-state index >= 15 is 0 Å². The van der Waals surface area contributed by atoms with Gasteiger partial charge >= 0.3 is 5.97 Å². The molecule has 0 saturated heterocycles. The number of aliphatic imine (C=N–C) groups is 1. The molecule has 1 aliphatic rings. The summed E-state index contributed by atoms with van der Waals surface area (Å²) in [5, 5.41) is 9.26. The molecule has 7 heteroatoms. The molecule has 23 heavy (non-hydrogen) atoms. The normalized spacial score (nSPS) is 12.7. The van der Waals surface area contributed by atoms with Crippen LogP contribution >= 0.6 is 12.4 Å². The number of carboxylic acid groups (broad SMARTS) is 1. The van der Waals surface area contributed by atoms with Crippen LogP contribution in [0.4, 0.5) is 0 Å². The Morgan fingerprint density at radius 1 is 1.17 bits per heavy atom. The van der Waals surface area contributed by atoms with Crippen molar-refractivity contribution in [3.63, 3.8) is 0 Å². The molecule has 0 fully saturated rings. The zero-order chi connectivity index (χ0) is 15.7. The third kappa shape index (κ3) is 2.90. The number of hydrogen-bond acceptors (Lipinski definition) is 5. The van der Waals surface area contributed by atoms with Gasteiger partial charge in [-0.15, -0.1) is 12.4 Å². The van der Waals surface area contributed by atoms with Crippen LogP contribution < -0.4 is 9.47 Å². The lowest BCUT2D eigenvalue weighted by Gasteiger charge is -2.19. The summed E-state index contributed by atoms with van der Waals surface area (Å²) in [4.78, 5) is 15.8. The Balaban J connectivity index is 0.00000192. The van der Waals surface area contributed by atoms with Gasteiger partial charge in [-0.3, -0.25) is 4.99 Å². The molecule has 0 radical (unpaired) electrons. The topological polar surface area (TPSA) is 81.3 Å². The molecule has 1 aromatic carbocycles. The molecule has 1 aromatic heterocycles. The number of carbonyl (C=O) groups is 1. The van der Waals surface area contributed by atoms with Crippen molar-refractivity contribution in [2.45, 2.75) is 6.42 Å². The van der Waals surface area contributed by atoms with Crippen LogP contribution in [-0.4, -0.2) is 37.6 Å². The van der Waals surface area contributed by atoms with Crippen LogP contribution in [0.1, 0.15) is 27.0 Å². The second-order valence-electron chi connectivity index (χ2n) is 4.85. The minimum Gasteiger partial charge on any atom is -0.493 e. The van der Waals surface area contributed by atoms with Gasteiger partial charge in [-0.2, -0.15) is 0 Å². The molecule has 0 amide bonds. The quantitative estimate of drug-likeness (QED) is 0.927. The van der Waals surface area contributed by atoms with E-state index in [0.29, 0.717) is 29.3 Å². The van der Waals surface area contributed by atoms with Crippen LogP contribution in [0.2, 0.25) is 0 Å². The highest BCUT2D eigenvalue weighted by molar-refractivity contribution is 6.18. The fraction of sp³-hybridized carbons (Fsp3) is 0.250. The van der Waals surface area contributed by atoms with Crippen molar-refractivity contribution in [3.8, 4) is 11.5 Å². The van der Waals surface area contributed by atoms with Crippen molar-refractivity contribution in [2.75, 3.05) is 20.8 Å². The summed E-state index contributed by atoms with van der Waals surface area (Å²) in [6.45, 7) is 0.585. The van der Waals surface area contributed by atoms with Crippen molar-refractivity contribution < 1.29 is 23.8 Å². The van der Waals surface area contributed by atoms with Crippen LogP contribution in [0.5, 0.6) is 11.5 Å². The predicted molar refractivity (Wildman–Crippen MR) is 86.7 cm³/mol. The van der Waals surface area contributed by atoms with Gasteiger partial charge in [0.1, 0.15) is 18.1 Å². The second kappa shape index (κ2) is 6.75. The minimum absolute atomic E-state index is 0. The van der Waals surface area contributed by atoms with Crippen molar-refractivity contribution in [1.29, 1.82) is 0 Å². The molecule has 0 saturated carbocycles. The summed E-state index contributed by atoms with van der Waals surface area (Å²) in [5.74, 6) is 0.184. The number of benzene rings is 1. The minimum atomic E-state index is -1.04. The highest BCUT2D eigenvalue weighted by atomic mass is 35.5. The first-order chi connectivity index (χ1) is 10.7. The van der Waals surface area contributed by atoms with E-state index in [1.165, 1.54) is 12.5 Å². The predicted octanol–water partition coefficient (Wildman–Crippen LogP) is 2.81. The maximum absolute atomic E-state index is 11.3. The van der Waals surface area contributed by atoms with Crippen molar-refractivity contribution in [1.82, 2.24) is 0 Å². The molecule has 2 aromatic rings. The molecule has 1 aliphatic heterocycles. The summed E-state index contributed by atoms with van der Waals surface area (Å²) >= 11 is 0. The number of aromatic carboxylic acids is 1. The largest absolute Gasteiger partial charge is 0.493 e. The van der Waals surface area contributed by atoms with Crippen LogP contribution in [-0.2, 0) is 6.42 Å². The fourth-order valence-corrected chi connectivity index (χ4v) is 2.60. The Morgan fingerprint density at radius 3 is 2.52 bits per heavy atom. The van der Waals surface area contributed by atoms with Crippen LogP contribution in [0.15, 0.2) is 34.1 Å². The first-order valence-corrected chi connectivity index (χ1v) is 6.75. The van der Waals surface area contributed by atoms with E-state index in [2.05, 4.69) is 4.99 Å². The Hall–Kier alpha value is -2.47. The van der Waals surface area contributed by atoms with E-state index < -0.39 is 5.97 Å². The first-order valence-electron chi connectivity index (χ1n) is 6.75. The molecular formula is C16H16ClNO5. The number of carboxylic acids is 1. The zero-order valence-electron chi connectivity index (χ0n) is 12.7. The highest BCUT2D eigenvalue weighted by Gasteiger charge is 2.24. The lowest BCUT2D eigenvalue weighted by atomic mass is 9.92. The zero-order valence-corrected chi connectivity index (χ0v) is 13.5. The van der Waals surface area contributed by atoms with Gasteiger partial charge in [0.05, 0.1) is 25.5 Å². The molecule has 0 spiro atoms. The molecule has 122 valence electrons. The fourth-order valence-electron chi connectivity index (χ4n) is 2.60. The number of fused-ring (bicyclic) bond motifs is 1. The van der Waals surface area contributed by atoms with Gasteiger partial charge in [-0.25, -0.2) is 4.79 Å². The van der Waals surface area contributed by atoms with Gasteiger partial charge in [0, 0.05) is 12.1 Å².